The van der Waals surface area contributed by atoms with Crippen molar-refractivity contribution in [2.75, 3.05) is 19.8 Å². The van der Waals surface area contributed by atoms with Crippen molar-refractivity contribution in [1.29, 1.82) is 0 Å². The van der Waals surface area contributed by atoms with Gasteiger partial charge in [0.2, 0.25) is 6.29 Å². The van der Waals surface area contributed by atoms with Crippen molar-refractivity contribution in [2.45, 2.75) is 6.29 Å². The van der Waals surface area contributed by atoms with Crippen LogP contribution < -0.4 is 0 Å². The van der Waals surface area contributed by atoms with Crippen LogP contribution in [0.5, 0.6) is 0 Å². The van der Waals surface area contributed by atoms with Gasteiger partial charge in [-0.3, -0.25) is 0 Å². The SMILES string of the molecule is C=COC(O)COCCO. The molecule has 4 heteroatoms. The van der Waals surface area contributed by atoms with Gasteiger partial charge in [0.1, 0.15) is 6.61 Å². The second-order valence-corrected chi connectivity index (χ2v) is 1.56. The lowest BCUT2D eigenvalue weighted by Crippen LogP contribution is -2.17. The summed E-state index contributed by atoms with van der Waals surface area (Å²) in [5.41, 5.74) is 0. The van der Waals surface area contributed by atoms with Gasteiger partial charge in [-0.2, -0.15) is 0 Å². The summed E-state index contributed by atoms with van der Waals surface area (Å²) < 4.78 is 9.23. The summed E-state index contributed by atoms with van der Waals surface area (Å²) in [5.74, 6) is 0. The highest BCUT2D eigenvalue weighted by Gasteiger charge is 1.99. The fourth-order valence-electron chi connectivity index (χ4n) is 0.399. The molecule has 0 aromatic heterocycles. The zero-order valence-electron chi connectivity index (χ0n) is 5.69. The number of aliphatic hydroxyl groups is 2. The zero-order chi connectivity index (χ0) is 7.82. The molecule has 0 aliphatic carbocycles. The average molecular weight is 148 g/mol. The van der Waals surface area contributed by atoms with E-state index in [0.717, 1.165) is 6.26 Å². The molecule has 60 valence electrons. The highest BCUT2D eigenvalue weighted by Crippen LogP contribution is 1.87. The van der Waals surface area contributed by atoms with Gasteiger partial charge >= 0.3 is 0 Å². The van der Waals surface area contributed by atoms with Crippen LogP contribution in [0.2, 0.25) is 0 Å². The van der Waals surface area contributed by atoms with Crippen LogP contribution in [0, 0.1) is 0 Å². The third kappa shape index (κ3) is 5.55. The maximum atomic E-state index is 8.78. The molecule has 2 N–H and O–H groups in total. The molecule has 1 atom stereocenters. The largest absolute Gasteiger partial charge is 0.471 e. The molecule has 0 fully saturated rings. The first-order valence-corrected chi connectivity index (χ1v) is 2.94. The quantitative estimate of drug-likeness (QED) is 0.302. The lowest BCUT2D eigenvalue weighted by atomic mass is 10.7. The first-order valence-electron chi connectivity index (χ1n) is 2.94. The predicted octanol–water partition coefficient (Wildman–Crippen LogP) is -0.526. The molecule has 0 rings (SSSR count). The second-order valence-electron chi connectivity index (χ2n) is 1.56. The summed E-state index contributed by atoms with van der Waals surface area (Å²) in [5, 5.41) is 17.0. The molecule has 0 aliphatic heterocycles. The van der Waals surface area contributed by atoms with Crippen LogP contribution in [0.15, 0.2) is 12.8 Å². The number of ether oxygens (including phenoxy) is 2. The Bertz CT molecular complexity index is 83.8. The number of aliphatic hydroxyl groups excluding tert-OH is 2. The monoisotopic (exact) mass is 148 g/mol. The maximum absolute atomic E-state index is 8.78. The fourth-order valence-corrected chi connectivity index (χ4v) is 0.399. The van der Waals surface area contributed by atoms with Crippen molar-refractivity contribution < 1.29 is 19.7 Å². The zero-order valence-corrected chi connectivity index (χ0v) is 5.69. The minimum atomic E-state index is -0.982. The molecular weight excluding hydrogens is 136 g/mol. The molecule has 0 heterocycles. The maximum Gasteiger partial charge on any atom is 0.220 e. The molecule has 0 aromatic carbocycles. The summed E-state index contributed by atoms with van der Waals surface area (Å²) in [7, 11) is 0. The Hall–Kier alpha value is -0.580. The summed E-state index contributed by atoms with van der Waals surface area (Å²) in [6.07, 6.45) is 0.150. The van der Waals surface area contributed by atoms with Crippen LogP contribution in [0.3, 0.4) is 0 Å². The molecule has 0 spiro atoms. The number of hydrogen-bond donors (Lipinski definition) is 2. The Labute approximate surface area is 59.7 Å². The normalized spacial score (nSPS) is 12.6. The Balaban J connectivity index is 3.04. The van der Waals surface area contributed by atoms with Gasteiger partial charge in [-0.25, -0.2) is 0 Å². The standard InChI is InChI=1S/C6H12O4/c1-2-10-6(8)5-9-4-3-7/h2,6-8H,1,3-5H2. The highest BCUT2D eigenvalue weighted by atomic mass is 16.6. The van der Waals surface area contributed by atoms with E-state index in [2.05, 4.69) is 11.3 Å². The Morgan fingerprint density at radius 1 is 1.60 bits per heavy atom. The molecule has 0 aromatic rings. The highest BCUT2D eigenvalue weighted by molar-refractivity contribution is 4.50. The molecule has 0 aliphatic rings. The van der Waals surface area contributed by atoms with E-state index >= 15 is 0 Å². The Morgan fingerprint density at radius 2 is 2.30 bits per heavy atom. The Morgan fingerprint density at radius 3 is 2.80 bits per heavy atom. The molecule has 0 amide bonds. The van der Waals surface area contributed by atoms with Crippen LogP contribution >= 0.6 is 0 Å². The molecule has 0 saturated heterocycles. The van der Waals surface area contributed by atoms with Gasteiger partial charge in [0.05, 0.1) is 19.5 Å². The summed E-state index contributed by atoms with van der Waals surface area (Å²) in [4.78, 5) is 0. The third-order valence-electron chi connectivity index (χ3n) is 0.749. The van der Waals surface area contributed by atoms with Crippen LogP contribution in [0.1, 0.15) is 0 Å². The molecule has 0 bridgehead atoms. The predicted molar refractivity (Wildman–Crippen MR) is 35.2 cm³/mol. The van der Waals surface area contributed by atoms with Crippen molar-refractivity contribution in [1.82, 2.24) is 0 Å². The van der Waals surface area contributed by atoms with Crippen LogP contribution in [-0.2, 0) is 9.47 Å². The summed E-state index contributed by atoms with van der Waals surface area (Å²) in [6.45, 7) is 3.44. The average Bonchev–Trinajstić information content (AvgIpc) is 1.89. The lowest BCUT2D eigenvalue weighted by Gasteiger charge is -2.08. The molecule has 1 unspecified atom stereocenters. The van der Waals surface area contributed by atoms with Gasteiger partial charge in [0.25, 0.3) is 0 Å². The van der Waals surface area contributed by atoms with Crippen molar-refractivity contribution in [2.24, 2.45) is 0 Å². The van der Waals surface area contributed by atoms with E-state index < -0.39 is 6.29 Å². The van der Waals surface area contributed by atoms with E-state index in [4.69, 9.17) is 14.9 Å². The molecule has 10 heavy (non-hydrogen) atoms. The lowest BCUT2D eigenvalue weighted by molar-refractivity contribution is -0.104. The van der Waals surface area contributed by atoms with E-state index in [0.29, 0.717) is 0 Å². The first-order chi connectivity index (χ1) is 4.81. The van der Waals surface area contributed by atoms with Crippen molar-refractivity contribution in [3.05, 3.63) is 12.8 Å². The van der Waals surface area contributed by atoms with E-state index in [-0.39, 0.29) is 19.8 Å². The van der Waals surface area contributed by atoms with E-state index in [1.807, 2.05) is 0 Å². The van der Waals surface area contributed by atoms with Crippen LogP contribution in [0.25, 0.3) is 0 Å². The van der Waals surface area contributed by atoms with Gasteiger partial charge in [0.15, 0.2) is 0 Å². The van der Waals surface area contributed by atoms with Crippen molar-refractivity contribution in [3.8, 4) is 0 Å². The first kappa shape index (κ1) is 9.42. The number of rotatable bonds is 6. The molecule has 0 radical (unpaired) electrons. The van der Waals surface area contributed by atoms with Gasteiger partial charge in [0, 0.05) is 0 Å². The van der Waals surface area contributed by atoms with E-state index in [1.165, 1.54) is 0 Å². The smallest absolute Gasteiger partial charge is 0.220 e. The number of hydrogen-bond acceptors (Lipinski definition) is 4. The van der Waals surface area contributed by atoms with Crippen LogP contribution in [0.4, 0.5) is 0 Å². The summed E-state index contributed by atoms with van der Waals surface area (Å²) in [6, 6.07) is 0. The van der Waals surface area contributed by atoms with Gasteiger partial charge in [-0.1, -0.05) is 6.58 Å². The third-order valence-corrected chi connectivity index (χ3v) is 0.749. The van der Waals surface area contributed by atoms with Gasteiger partial charge in [-0.05, 0) is 0 Å². The van der Waals surface area contributed by atoms with Gasteiger partial charge < -0.3 is 19.7 Å². The van der Waals surface area contributed by atoms with Crippen LogP contribution in [-0.4, -0.2) is 36.3 Å². The topological polar surface area (TPSA) is 58.9 Å². The minimum Gasteiger partial charge on any atom is -0.471 e. The second kappa shape index (κ2) is 6.54. The molecule has 4 nitrogen and oxygen atoms in total. The summed E-state index contributed by atoms with van der Waals surface area (Å²) >= 11 is 0. The fraction of sp³-hybridized carbons (Fsp3) is 0.667. The van der Waals surface area contributed by atoms with Crippen molar-refractivity contribution in [3.63, 3.8) is 0 Å². The van der Waals surface area contributed by atoms with Crippen molar-refractivity contribution >= 4 is 0 Å². The molecular formula is C6H12O4. The Kier molecular flexibility index (Phi) is 6.16. The molecule has 0 saturated carbocycles. The minimum absolute atomic E-state index is 0.0482. The van der Waals surface area contributed by atoms with E-state index in [1.54, 1.807) is 0 Å². The van der Waals surface area contributed by atoms with Gasteiger partial charge in [-0.15, -0.1) is 0 Å². The van der Waals surface area contributed by atoms with E-state index in [9.17, 15) is 0 Å².